The van der Waals surface area contributed by atoms with Crippen LogP contribution in [0.1, 0.15) is 97.8 Å². The minimum atomic E-state index is -1.25. The van der Waals surface area contributed by atoms with Gasteiger partial charge in [0.25, 0.3) is 0 Å². The number of aryl methyl sites for hydroxylation is 1. The molecule has 15 nitrogen and oxygen atoms in total. The fourth-order valence-corrected chi connectivity index (χ4v) is 6.17. The van der Waals surface area contributed by atoms with E-state index in [1.807, 2.05) is 56.3 Å². The first-order valence-corrected chi connectivity index (χ1v) is 20.4. The second kappa shape index (κ2) is 22.5. The Balaban J connectivity index is 1.69. The monoisotopic (exact) mass is 832 g/mol. The molecule has 0 radical (unpaired) electrons. The summed E-state index contributed by atoms with van der Waals surface area (Å²) in [5, 5.41) is 5.99. The van der Waals surface area contributed by atoms with Gasteiger partial charge in [0.05, 0.1) is 17.8 Å². The standard InChI is InChI=1S/C45H64N6O9/c1-13-33(34-18-21-38(51(25-29(2)3)26-30(4)5)37(23-34)48-42(54)47-36-19-16-31(6)17-20-36)24-39(52)58-32(7)59-44(56)50(12)41-35(15-14-22-46-41)28-57-40(53)27-49(11)43(55)60-45(8,9)10/h14-23,29-30,32-33H,13,24-28H2,1-12H3,(H2,47,48,54)/t32-,33?/m0/s1. The SMILES string of the molecule is CCC(CC(=O)O[C@H](C)OC(=O)N(C)c1ncccc1COC(=O)CN(C)C(=O)OC(C)(C)C)c1ccc(N(CC(C)C)CC(C)C)c(NC(=O)Nc2ccc(C)cc2)c1. The van der Waals surface area contributed by atoms with Crippen LogP contribution in [0.4, 0.5) is 37.3 Å². The van der Waals surface area contributed by atoms with E-state index in [0.717, 1.165) is 39.7 Å². The molecule has 0 saturated carbocycles. The molecule has 2 N–H and O–H groups in total. The van der Waals surface area contributed by atoms with Crippen LogP contribution < -0.4 is 20.4 Å². The van der Waals surface area contributed by atoms with Gasteiger partial charge in [-0.1, -0.05) is 64.4 Å². The van der Waals surface area contributed by atoms with Crippen LogP contribution in [0.2, 0.25) is 0 Å². The topological polar surface area (TPSA) is 169 Å². The van der Waals surface area contributed by atoms with E-state index in [2.05, 4.69) is 48.2 Å². The quantitative estimate of drug-likeness (QED) is 0.0712. The first-order chi connectivity index (χ1) is 28.1. The average molecular weight is 833 g/mol. The number of hydrogen-bond donors (Lipinski definition) is 2. The Morgan fingerprint density at radius 1 is 0.817 bits per heavy atom. The van der Waals surface area contributed by atoms with Gasteiger partial charge in [-0.05, 0) is 87.8 Å². The van der Waals surface area contributed by atoms with Gasteiger partial charge in [0.15, 0.2) is 0 Å². The molecule has 2 aromatic carbocycles. The molecule has 0 aliphatic rings. The van der Waals surface area contributed by atoms with Crippen molar-refractivity contribution < 1.29 is 42.9 Å². The summed E-state index contributed by atoms with van der Waals surface area (Å²) < 4.78 is 21.6. The Bertz CT molecular complexity index is 1900. The van der Waals surface area contributed by atoms with E-state index in [4.69, 9.17) is 18.9 Å². The van der Waals surface area contributed by atoms with Gasteiger partial charge in [-0.15, -0.1) is 0 Å². The van der Waals surface area contributed by atoms with E-state index >= 15 is 0 Å². The third kappa shape index (κ3) is 16.1. The third-order valence-corrected chi connectivity index (χ3v) is 8.95. The van der Waals surface area contributed by atoms with Gasteiger partial charge in [0.2, 0.25) is 6.29 Å². The lowest BCUT2D eigenvalue weighted by atomic mass is 9.92. The number of rotatable bonds is 18. The van der Waals surface area contributed by atoms with E-state index in [9.17, 15) is 24.0 Å². The number of anilines is 4. The maximum Gasteiger partial charge on any atom is 0.418 e. The van der Waals surface area contributed by atoms with Crippen molar-refractivity contribution in [3.8, 4) is 0 Å². The Labute approximate surface area is 355 Å². The van der Waals surface area contributed by atoms with Crippen LogP contribution in [0.15, 0.2) is 60.8 Å². The summed E-state index contributed by atoms with van der Waals surface area (Å²) in [6, 6.07) is 16.3. The largest absolute Gasteiger partial charge is 0.459 e. The van der Waals surface area contributed by atoms with Crippen molar-refractivity contribution in [3.63, 3.8) is 0 Å². The second-order valence-corrected chi connectivity index (χ2v) is 16.7. The molecule has 3 rings (SSSR count). The summed E-state index contributed by atoms with van der Waals surface area (Å²) >= 11 is 0. The van der Waals surface area contributed by atoms with Crippen LogP contribution in [-0.4, -0.2) is 85.7 Å². The Kier molecular flexibility index (Phi) is 18.2. The number of urea groups is 1. The molecule has 2 atom stereocenters. The summed E-state index contributed by atoms with van der Waals surface area (Å²) in [7, 11) is 2.84. The third-order valence-electron chi connectivity index (χ3n) is 8.95. The second-order valence-electron chi connectivity index (χ2n) is 16.7. The van der Waals surface area contributed by atoms with Crippen molar-refractivity contribution in [2.24, 2.45) is 11.8 Å². The smallest absolute Gasteiger partial charge is 0.418 e. The number of esters is 2. The average Bonchev–Trinajstić information content (AvgIpc) is 3.15. The van der Waals surface area contributed by atoms with Gasteiger partial charge in [-0.3, -0.25) is 14.5 Å². The van der Waals surface area contributed by atoms with Gasteiger partial charge in [0.1, 0.15) is 24.6 Å². The number of ether oxygens (including phenoxy) is 4. The normalized spacial score (nSPS) is 12.2. The van der Waals surface area contributed by atoms with Gasteiger partial charge in [-0.25, -0.2) is 19.4 Å². The Morgan fingerprint density at radius 2 is 1.47 bits per heavy atom. The predicted octanol–water partition coefficient (Wildman–Crippen LogP) is 9.11. The number of nitrogens with one attached hydrogen (secondary N) is 2. The highest BCUT2D eigenvalue weighted by atomic mass is 16.7. The zero-order chi connectivity index (χ0) is 44.7. The highest BCUT2D eigenvalue weighted by molar-refractivity contribution is 6.02. The number of nitrogens with zero attached hydrogens (tertiary/aromatic N) is 4. The number of carbonyl (C=O) groups is 5. The maximum atomic E-state index is 13.3. The first-order valence-electron chi connectivity index (χ1n) is 20.4. The molecule has 0 bridgehead atoms. The van der Waals surface area contributed by atoms with Crippen molar-refractivity contribution in [1.82, 2.24) is 9.88 Å². The van der Waals surface area contributed by atoms with E-state index in [1.165, 1.54) is 27.2 Å². The minimum Gasteiger partial charge on any atom is -0.459 e. The first kappa shape index (κ1) is 48.5. The zero-order valence-corrected chi connectivity index (χ0v) is 37.3. The van der Waals surface area contributed by atoms with Gasteiger partial charge in [0, 0.05) is 51.6 Å². The fourth-order valence-electron chi connectivity index (χ4n) is 6.17. The molecule has 1 unspecified atom stereocenters. The number of aromatic nitrogens is 1. The van der Waals surface area contributed by atoms with Crippen molar-refractivity contribution >= 4 is 53.0 Å². The van der Waals surface area contributed by atoms with Crippen LogP contribution in [0.3, 0.4) is 0 Å². The fraction of sp³-hybridized carbons (Fsp3) is 0.511. The summed E-state index contributed by atoms with van der Waals surface area (Å²) in [6.45, 7) is 20.1. The minimum absolute atomic E-state index is 0.0108. The lowest BCUT2D eigenvalue weighted by molar-refractivity contribution is -0.165. The highest BCUT2D eigenvalue weighted by Gasteiger charge is 2.26. The maximum absolute atomic E-state index is 13.3. The number of amides is 4. The molecule has 0 spiro atoms. The summed E-state index contributed by atoms with van der Waals surface area (Å²) in [5.41, 5.74) is 3.74. The molecule has 1 heterocycles. The van der Waals surface area contributed by atoms with Crippen molar-refractivity contribution in [3.05, 3.63) is 77.5 Å². The Hall–Kier alpha value is -5.86. The molecular formula is C45H64N6O9. The number of carbonyl (C=O) groups excluding carboxylic acids is 5. The van der Waals surface area contributed by atoms with Gasteiger partial charge in [-0.2, -0.15) is 0 Å². The molecule has 0 saturated heterocycles. The van der Waals surface area contributed by atoms with Crippen LogP contribution >= 0.6 is 0 Å². The Morgan fingerprint density at radius 3 is 2.07 bits per heavy atom. The van der Waals surface area contributed by atoms with Crippen LogP contribution in [-0.2, 0) is 35.1 Å². The molecule has 4 amide bonds. The number of hydrogen-bond acceptors (Lipinski definition) is 11. The van der Waals surface area contributed by atoms with Crippen molar-refractivity contribution in [1.29, 1.82) is 0 Å². The van der Waals surface area contributed by atoms with Crippen LogP contribution in [0.5, 0.6) is 0 Å². The molecule has 0 aliphatic carbocycles. The number of pyridine rings is 1. The van der Waals surface area contributed by atoms with Crippen molar-refractivity contribution in [2.45, 2.75) is 106 Å². The van der Waals surface area contributed by atoms with Crippen LogP contribution in [0, 0.1) is 18.8 Å². The number of likely N-dealkylation sites (N-methyl/N-ethyl adjacent to an activating group) is 1. The van der Waals surface area contributed by atoms with Gasteiger partial charge < -0.3 is 39.4 Å². The lowest BCUT2D eigenvalue weighted by Crippen LogP contribution is -2.37. The molecule has 60 heavy (non-hydrogen) atoms. The van der Waals surface area contributed by atoms with Crippen molar-refractivity contribution in [2.75, 3.05) is 54.2 Å². The highest BCUT2D eigenvalue weighted by Crippen LogP contribution is 2.34. The molecule has 0 fully saturated rings. The lowest BCUT2D eigenvalue weighted by Gasteiger charge is -2.31. The molecule has 15 heteroatoms. The van der Waals surface area contributed by atoms with Crippen LogP contribution in [0.25, 0.3) is 0 Å². The zero-order valence-electron chi connectivity index (χ0n) is 37.3. The summed E-state index contributed by atoms with van der Waals surface area (Å²) in [6.07, 6.45) is -0.739. The molecule has 3 aromatic rings. The predicted molar refractivity (Wildman–Crippen MR) is 233 cm³/mol. The van der Waals surface area contributed by atoms with E-state index in [0.29, 0.717) is 35.2 Å². The van der Waals surface area contributed by atoms with Gasteiger partial charge >= 0.3 is 30.2 Å². The number of benzene rings is 2. The molecule has 0 aliphatic heterocycles. The van der Waals surface area contributed by atoms with E-state index < -0.39 is 36.0 Å². The van der Waals surface area contributed by atoms with E-state index in [1.54, 1.807) is 32.9 Å². The summed E-state index contributed by atoms with van der Waals surface area (Å²) in [5.74, 6) is -0.656. The molecule has 1 aromatic heterocycles. The summed E-state index contributed by atoms with van der Waals surface area (Å²) in [4.78, 5) is 73.3. The van der Waals surface area contributed by atoms with E-state index in [-0.39, 0.29) is 37.3 Å². The molecule has 328 valence electrons. The molecular weight excluding hydrogens is 769 g/mol.